The van der Waals surface area contributed by atoms with Gasteiger partial charge in [0.2, 0.25) is 5.91 Å². The Kier molecular flexibility index (Phi) is 5.15. The highest BCUT2D eigenvalue weighted by molar-refractivity contribution is 7.53. The molecule has 0 bridgehead atoms. The van der Waals surface area contributed by atoms with E-state index >= 15 is 0 Å². The van der Waals surface area contributed by atoms with Gasteiger partial charge in [-0.15, -0.1) is 0 Å². The topological polar surface area (TPSA) is 129 Å². The molecule has 8 nitrogen and oxygen atoms in total. The summed E-state index contributed by atoms with van der Waals surface area (Å²) in [7, 11) is -3.28. The number of amides is 1. The second kappa shape index (κ2) is 7.67. The number of benzene rings is 3. The van der Waals surface area contributed by atoms with Gasteiger partial charge >= 0.3 is 13.6 Å². The van der Waals surface area contributed by atoms with Gasteiger partial charge in [-0.05, 0) is 41.1 Å². The third kappa shape index (κ3) is 3.96. The molecule has 158 valence electrons. The maximum Gasteiger partial charge on any atom is 0.342 e. The Hall–Kier alpha value is -3.45. The number of carboxylic acid groups (broad SMARTS) is 1. The van der Waals surface area contributed by atoms with Crippen molar-refractivity contribution >= 4 is 46.8 Å². The third-order valence-corrected chi connectivity index (χ3v) is 6.35. The quantitative estimate of drug-likeness (QED) is 0.350. The van der Waals surface area contributed by atoms with Gasteiger partial charge in [-0.3, -0.25) is 9.36 Å². The molecular formula is C22H19N2O6P. The Morgan fingerprint density at radius 3 is 2.39 bits per heavy atom. The molecule has 0 aliphatic carbocycles. The van der Waals surface area contributed by atoms with Crippen molar-refractivity contribution in [3.8, 4) is 0 Å². The Labute approximate surface area is 176 Å². The summed E-state index contributed by atoms with van der Waals surface area (Å²) in [6.45, 7) is 0. The maximum atomic E-state index is 13.0. The number of hydrogen-bond donors (Lipinski definition) is 4. The van der Waals surface area contributed by atoms with Crippen LogP contribution in [0.5, 0.6) is 0 Å². The number of carbonyl (C=O) groups excluding carboxylic acids is 1. The van der Waals surface area contributed by atoms with Crippen molar-refractivity contribution in [1.82, 2.24) is 4.57 Å². The Balaban J connectivity index is 1.78. The zero-order valence-corrected chi connectivity index (χ0v) is 17.3. The number of hydrogen-bond acceptors (Lipinski definition) is 3. The van der Waals surface area contributed by atoms with E-state index in [1.54, 1.807) is 35.9 Å². The monoisotopic (exact) mass is 438 g/mol. The summed E-state index contributed by atoms with van der Waals surface area (Å²) in [5.41, 5.74) is -0.830. The van der Waals surface area contributed by atoms with Crippen molar-refractivity contribution in [2.45, 2.75) is 5.66 Å². The molecule has 1 unspecified atom stereocenters. The van der Waals surface area contributed by atoms with Crippen LogP contribution in [0.1, 0.15) is 21.6 Å². The molecule has 0 saturated heterocycles. The van der Waals surface area contributed by atoms with Gasteiger partial charge < -0.3 is 24.8 Å². The van der Waals surface area contributed by atoms with Gasteiger partial charge in [0.15, 0.2) is 5.66 Å². The predicted octanol–water partition coefficient (Wildman–Crippen LogP) is 3.89. The van der Waals surface area contributed by atoms with E-state index in [0.29, 0.717) is 16.6 Å². The molecule has 9 heteroatoms. The molecule has 1 heterocycles. The van der Waals surface area contributed by atoms with Gasteiger partial charge in [-0.25, -0.2) is 4.79 Å². The summed E-state index contributed by atoms with van der Waals surface area (Å²) in [6.07, 6.45) is 1.44. The molecule has 1 amide bonds. The first-order valence-electron chi connectivity index (χ1n) is 9.32. The first-order chi connectivity index (χ1) is 14.6. The number of carboxylic acids is 1. The molecule has 31 heavy (non-hydrogen) atoms. The third-order valence-electron chi connectivity index (χ3n) is 5.16. The van der Waals surface area contributed by atoms with Crippen LogP contribution >= 0.6 is 7.60 Å². The Bertz CT molecular complexity index is 1390. The minimum atomic E-state index is -4.94. The van der Waals surface area contributed by atoms with Gasteiger partial charge in [0.05, 0.1) is 5.56 Å². The highest BCUT2D eigenvalue weighted by Crippen LogP contribution is 2.54. The first kappa shape index (κ1) is 20.8. The molecule has 0 spiro atoms. The summed E-state index contributed by atoms with van der Waals surface area (Å²) in [6, 6.07) is 16.9. The van der Waals surface area contributed by atoms with Crippen LogP contribution in [0.4, 0.5) is 5.69 Å². The van der Waals surface area contributed by atoms with Crippen molar-refractivity contribution in [3.05, 3.63) is 78.0 Å². The lowest BCUT2D eigenvalue weighted by Gasteiger charge is -2.18. The molecular weight excluding hydrogens is 419 g/mol. The van der Waals surface area contributed by atoms with Crippen LogP contribution < -0.4 is 5.32 Å². The number of aromatic carboxylic acids is 1. The molecule has 0 aliphatic heterocycles. The highest BCUT2D eigenvalue weighted by atomic mass is 31.2. The molecule has 0 radical (unpaired) electrons. The SMILES string of the molecule is Cn1cc(C(C(=O)Nc2ccc3ccccc3c2)P(=O)(O)O)c2cc(C(=O)O)ccc21. The van der Waals surface area contributed by atoms with Crippen LogP contribution in [0, 0.1) is 0 Å². The van der Waals surface area contributed by atoms with E-state index in [4.69, 9.17) is 0 Å². The van der Waals surface area contributed by atoms with E-state index in [9.17, 15) is 29.0 Å². The van der Waals surface area contributed by atoms with Crippen LogP contribution in [-0.2, 0) is 16.4 Å². The van der Waals surface area contributed by atoms with Crippen molar-refractivity contribution in [2.24, 2.45) is 7.05 Å². The van der Waals surface area contributed by atoms with Gasteiger partial charge in [0.1, 0.15) is 0 Å². The summed E-state index contributed by atoms with van der Waals surface area (Å²) >= 11 is 0. The van der Waals surface area contributed by atoms with E-state index in [0.717, 1.165) is 10.8 Å². The number of nitrogens with one attached hydrogen (secondary N) is 1. The van der Waals surface area contributed by atoms with Crippen molar-refractivity contribution < 1.29 is 29.0 Å². The first-order valence-corrected chi connectivity index (χ1v) is 11.0. The van der Waals surface area contributed by atoms with Crippen molar-refractivity contribution in [3.63, 3.8) is 0 Å². The zero-order valence-electron chi connectivity index (χ0n) is 16.4. The zero-order chi connectivity index (χ0) is 22.3. The fourth-order valence-corrected chi connectivity index (χ4v) is 4.66. The molecule has 1 aromatic heterocycles. The van der Waals surface area contributed by atoms with Crippen LogP contribution in [0.2, 0.25) is 0 Å². The predicted molar refractivity (Wildman–Crippen MR) is 117 cm³/mol. The Morgan fingerprint density at radius 2 is 1.71 bits per heavy atom. The van der Waals surface area contributed by atoms with E-state index in [2.05, 4.69) is 5.32 Å². The van der Waals surface area contributed by atoms with Gasteiger partial charge in [0.25, 0.3) is 0 Å². The largest absolute Gasteiger partial charge is 0.478 e. The fourth-order valence-electron chi connectivity index (χ4n) is 3.73. The highest BCUT2D eigenvalue weighted by Gasteiger charge is 2.39. The van der Waals surface area contributed by atoms with Gasteiger partial charge in [0, 0.05) is 35.4 Å². The summed E-state index contributed by atoms with van der Waals surface area (Å²) in [5, 5.41) is 14.0. The molecule has 0 saturated carbocycles. The van der Waals surface area contributed by atoms with Crippen LogP contribution in [-0.4, -0.2) is 31.3 Å². The van der Waals surface area contributed by atoms with Crippen LogP contribution in [0.25, 0.3) is 21.7 Å². The van der Waals surface area contributed by atoms with E-state index in [1.807, 2.05) is 24.3 Å². The van der Waals surface area contributed by atoms with E-state index in [-0.39, 0.29) is 11.1 Å². The van der Waals surface area contributed by atoms with Crippen LogP contribution in [0.15, 0.2) is 66.9 Å². The van der Waals surface area contributed by atoms with Crippen molar-refractivity contribution in [1.29, 1.82) is 0 Å². The lowest BCUT2D eigenvalue weighted by atomic mass is 10.1. The fraction of sp³-hybridized carbons (Fsp3) is 0.0909. The standard InChI is InChI=1S/C22H19N2O6P/c1-24-12-18(17-11-15(22(26)27)7-9-19(17)24)20(31(28,29)30)21(25)23-16-8-6-13-4-2-3-5-14(13)10-16/h2-12,20H,1H3,(H,23,25)(H,26,27)(H2,28,29,30). The lowest BCUT2D eigenvalue weighted by Crippen LogP contribution is -2.21. The number of rotatable bonds is 5. The molecule has 4 aromatic rings. The molecule has 0 fully saturated rings. The van der Waals surface area contributed by atoms with E-state index < -0.39 is 25.1 Å². The van der Waals surface area contributed by atoms with Crippen molar-refractivity contribution in [2.75, 3.05) is 5.32 Å². The Morgan fingerprint density at radius 1 is 1.00 bits per heavy atom. The molecule has 3 aromatic carbocycles. The number of aromatic nitrogens is 1. The normalized spacial score (nSPS) is 12.7. The van der Waals surface area contributed by atoms with Gasteiger partial charge in [-0.2, -0.15) is 0 Å². The number of nitrogens with zero attached hydrogens (tertiary/aromatic N) is 1. The maximum absolute atomic E-state index is 13.0. The number of fused-ring (bicyclic) bond motifs is 2. The number of carbonyl (C=O) groups is 2. The average molecular weight is 438 g/mol. The summed E-state index contributed by atoms with van der Waals surface area (Å²) < 4.78 is 14.0. The number of anilines is 1. The minimum absolute atomic E-state index is 0.0423. The number of aryl methyl sites for hydroxylation is 1. The smallest absolute Gasteiger partial charge is 0.342 e. The minimum Gasteiger partial charge on any atom is -0.478 e. The molecule has 4 rings (SSSR count). The summed E-state index contributed by atoms with van der Waals surface area (Å²) in [4.78, 5) is 44.5. The second-order valence-corrected chi connectivity index (χ2v) is 8.97. The summed E-state index contributed by atoms with van der Waals surface area (Å²) in [5.74, 6) is -2.05. The lowest BCUT2D eigenvalue weighted by molar-refractivity contribution is -0.116. The molecule has 1 atom stereocenters. The second-order valence-electron chi connectivity index (χ2n) is 7.28. The van der Waals surface area contributed by atoms with Gasteiger partial charge in [-0.1, -0.05) is 30.3 Å². The molecule has 0 aliphatic rings. The average Bonchev–Trinajstić information content (AvgIpc) is 3.02. The molecule has 4 N–H and O–H groups in total. The van der Waals surface area contributed by atoms with Crippen LogP contribution in [0.3, 0.4) is 0 Å². The van der Waals surface area contributed by atoms with E-state index in [1.165, 1.54) is 18.3 Å².